The quantitative estimate of drug-likeness (QED) is 0.905. The van der Waals surface area contributed by atoms with Crippen molar-refractivity contribution in [1.29, 1.82) is 0 Å². The highest BCUT2D eigenvalue weighted by Crippen LogP contribution is 2.25. The summed E-state index contributed by atoms with van der Waals surface area (Å²) in [6.45, 7) is 4.63. The molecule has 126 valence electrons. The molecule has 7 heteroatoms. The highest BCUT2D eigenvalue weighted by Gasteiger charge is 2.20. The third-order valence-corrected chi connectivity index (χ3v) is 4.07. The van der Waals surface area contributed by atoms with Gasteiger partial charge in [0, 0.05) is 52.2 Å². The van der Waals surface area contributed by atoms with Crippen molar-refractivity contribution in [3.63, 3.8) is 0 Å². The molecule has 0 saturated carbocycles. The smallest absolute Gasteiger partial charge is 0.227 e. The lowest BCUT2D eigenvalue weighted by Gasteiger charge is -2.34. The summed E-state index contributed by atoms with van der Waals surface area (Å²) in [5, 5.41) is 10.1. The van der Waals surface area contributed by atoms with E-state index in [1.165, 1.54) is 0 Å². The van der Waals surface area contributed by atoms with Gasteiger partial charge in [0.2, 0.25) is 5.95 Å². The number of benzene rings is 1. The molecular formula is C16H24ClN5O. The van der Waals surface area contributed by atoms with Crippen LogP contribution in [0.4, 0.5) is 11.8 Å². The highest BCUT2D eigenvalue weighted by molar-refractivity contribution is 5.90. The summed E-state index contributed by atoms with van der Waals surface area (Å²) in [5.74, 6) is 1.75. The molecule has 1 aliphatic rings. The number of halogens is 1. The Morgan fingerprint density at radius 3 is 2.43 bits per heavy atom. The molecule has 2 aromatic rings. The zero-order chi connectivity index (χ0) is 15.5. The van der Waals surface area contributed by atoms with E-state index in [0.717, 1.165) is 55.4 Å². The summed E-state index contributed by atoms with van der Waals surface area (Å²) in [7, 11) is 4.02. The van der Waals surface area contributed by atoms with Crippen molar-refractivity contribution in [3.8, 4) is 0 Å². The second kappa shape index (κ2) is 7.77. The Kier molecular flexibility index (Phi) is 5.98. The second-order valence-electron chi connectivity index (χ2n) is 5.81. The maximum absolute atomic E-state index is 9.03. The highest BCUT2D eigenvalue weighted by atomic mass is 35.5. The van der Waals surface area contributed by atoms with Crippen molar-refractivity contribution < 1.29 is 5.11 Å². The number of aliphatic hydroxyl groups excluding tert-OH is 1. The van der Waals surface area contributed by atoms with Crippen LogP contribution in [-0.4, -0.2) is 73.4 Å². The summed E-state index contributed by atoms with van der Waals surface area (Å²) < 4.78 is 0. The molecule has 6 nitrogen and oxygen atoms in total. The van der Waals surface area contributed by atoms with E-state index >= 15 is 0 Å². The van der Waals surface area contributed by atoms with Gasteiger partial charge in [-0.3, -0.25) is 4.90 Å². The molecule has 2 heterocycles. The van der Waals surface area contributed by atoms with Crippen molar-refractivity contribution in [3.05, 3.63) is 24.3 Å². The topological polar surface area (TPSA) is 55.7 Å². The average molecular weight is 338 g/mol. The van der Waals surface area contributed by atoms with E-state index in [-0.39, 0.29) is 19.0 Å². The van der Waals surface area contributed by atoms with Crippen molar-refractivity contribution in [1.82, 2.24) is 14.9 Å². The molecule has 1 fully saturated rings. The third-order valence-electron chi connectivity index (χ3n) is 4.07. The number of hydrogen-bond donors (Lipinski definition) is 1. The summed E-state index contributed by atoms with van der Waals surface area (Å²) in [6.07, 6.45) is 0. The number of anilines is 2. The van der Waals surface area contributed by atoms with Crippen LogP contribution in [0.25, 0.3) is 10.9 Å². The predicted molar refractivity (Wildman–Crippen MR) is 96.9 cm³/mol. The van der Waals surface area contributed by atoms with E-state index in [0.29, 0.717) is 0 Å². The van der Waals surface area contributed by atoms with E-state index in [1.54, 1.807) is 0 Å². The number of fused-ring (bicyclic) bond motifs is 1. The predicted octanol–water partition coefficient (Wildman–Crippen LogP) is 1.23. The Morgan fingerprint density at radius 2 is 1.78 bits per heavy atom. The van der Waals surface area contributed by atoms with Crippen LogP contribution >= 0.6 is 12.4 Å². The molecule has 0 bridgehead atoms. The Morgan fingerprint density at radius 1 is 1.09 bits per heavy atom. The first-order valence-electron chi connectivity index (χ1n) is 7.71. The van der Waals surface area contributed by atoms with Gasteiger partial charge in [-0.1, -0.05) is 12.1 Å². The molecule has 1 aromatic heterocycles. The lowest BCUT2D eigenvalue weighted by Crippen LogP contribution is -2.47. The third kappa shape index (κ3) is 3.83. The van der Waals surface area contributed by atoms with E-state index < -0.39 is 0 Å². The number of piperazine rings is 1. The maximum Gasteiger partial charge on any atom is 0.227 e. The first-order valence-corrected chi connectivity index (χ1v) is 7.71. The SMILES string of the molecule is CN(C)c1nc(N2CCN(CCO)CC2)nc2ccccc12.Cl. The first-order chi connectivity index (χ1) is 10.7. The molecular weight excluding hydrogens is 314 g/mol. The molecule has 0 radical (unpaired) electrons. The van der Waals surface area contributed by atoms with Gasteiger partial charge in [0.05, 0.1) is 12.1 Å². The minimum absolute atomic E-state index is 0. The summed E-state index contributed by atoms with van der Waals surface area (Å²) >= 11 is 0. The zero-order valence-corrected chi connectivity index (χ0v) is 14.5. The summed E-state index contributed by atoms with van der Waals surface area (Å²) in [5.41, 5.74) is 0.981. The number of β-amino-alcohol motifs (C(OH)–C–C–N with tert-alkyl or cyclic N) is 1. The van der Waals surface area contributed by atoms with Crippen molar-refractivity contribution in [2.45, 2.75) is 0 Å². The van der Waals surface area contributed by atoms with E-state index in [9.17, 15) is 0 Å². The van der Waals surface area contributed by atoms with Gasteiger partial charge in [-0.25, -0.2) is 4.98 Å². The molecule has 0 atom stereocenters. The van der Waals surface area contributed by atoms with Crippen molar-refractivity contribution >= 4 is 35.1 Å². The minimum atomic E-state index is 0. The number of nitrogens with zero attached hydrogens (tertiary/aromatic N) is 5. The van der Waals surface area contributed by atoms with Gasteiger partial charge in [0.15, 0.2) is 0 Å². The van der Waals surface area contributed by atoms with Gasteiger partial charge in [-0.15, -0.1) is 12.4 Å². The lowest BCUT2D eigenvalue weighted by atomic mass is 10.2. The van der Waals surface area contributed by atoms with E-state index in [1.807, 2.05) is 37.2 Å². The fourth-order valence-electron chi connectivity index (χ4n) is 2.84. The Bertz CT molecular complexity index is 643. The molecule has 0 amide bonds. The number of aromatic nitrogens is 2. The average Bonchev–Trinajstić information content (AvgIpc) is 2.54. The summed E-state index contributed by atoms with van der Waals surface area (Å²) in [4.78, 5) is 16.0. The monoisotopic (exact) mass is 337 g/mol. The molecule has 1 aromatic carbocycles. The largest absolute Gasteiger partial charge is 0.395 e. The van der Waals surface area contributed by atoms with Gasteiger partial charge >= 0.3 is 0 Å². The van der Waals surface area contributed by atoms with Crippen molar-refractivity contribution in [2.24, 2.45) is 0 Å². The molecule has 1 saturated heterocycles. The number of hydrogen-bond acceptors (Lipinski definition) is 6. The molecule has 1 N–H and O–H groups in total. The number of aliphatic hydroxyl groups is 1. The molecule has 23 heavy (non-hydrogen) atoms. The first kappa shape index (κ1) is 17.7. The molecule has 0 aliphatic carbocycles. The number of rotatable bonds is 4. The fraction of sp³-hybridized carbons (Fsp3) is 0.500. The van der Waals surface area contributed by atoms with Crippen LogP contribution in [0.15, 0.2) is 24.3 Å². The van der Waals surface area contributed by atoms with Gasteiger partial charge < -0.3 is 14.9 Å². The Balaban J connectivity index is 0.00000192. The number of para-hydroxylation sites is 1. The van der Waals surface area contributed by atoms with Gasteiger partial charge in [-0.2, -0.15) is 4.98 Å². The minimum Gasteiger partial charge on any atom is -0.395 e. The molecule has 0 unspecified atom stereocenters. The molecule has 1 aliphatic heterocycles. The zero-order valence-electron chi connectivity index (χ0n) is 13.6. The maximum atomic E-state index is 9.03. The normalized spacial score (nSPS) is 15.5. The van der Waals surface area contributed by atoms with Gasteiger partial charge in [0.1, 0.15) is 5.82 Å². The Hall–Kier alpha value is -1.63. The van der Waals surface area contributed by atoms with Crippen LogP contribution in [0.1, 0.15) is 0 Å². The van der Waals surface area contributed by atoms with Crippen LogP contribution in [0.3, 0.4) is 0 Å². The second-order valence-corrected chi connectivity index (χ2v) is 5.81. The molecule has 3 rings (SSSR count). The van der Waals surface area contributed by atoms with Crippen molar-refractivity contribution in [2.75, 3.05) is 63.2 Å². The Labute approximate surface area is 143 Å². The van der Waals surface area contributed by atoms with Crippen LogP contribution < -0.4 is 9.80 Å². The van der Waals surface area contributed by atoms with Gasteiger partial charge in [-0.05, 0) is 12.1 Å². The van der Waals surface area contributed by atoms with Crippen LogP contribution in [-0.2, 0) is 0 Å². The lowest BCUT2D eigenvalue weighted by molar-refractivity contribution is 0.188. The molecule has 0 spiro atoms. The van der Waals surface area contributed by atoms with E-state index in [2.05, 4.69) is 15.9 Å². The van der Waals surface area contributed by atoms with Gasteiger partial charge in [0.25, 0.3) is 0 Å². The van der Waals surface area contributed by atoms with Crippen LogP contribution in [0, 0.1) is 0 Å². The van der Waals surface area contributed by atoms with Crippen LogP contribution in [0.2, 0.25) is 0 Å². The fourth-order valence-corrected chi connectivity index (χ4v) is 2.84. The summed E-state index contributed by atoms with van der Waals surface area (Å²) in [6, 6.07) is 8.13. The van der Waals surface area contributed by atoms with Crippen LogP contribution in [0.5, 0.6) is 0 Å². The standard InChI is InChI=1S/C16H23N5O.ClH/c1-19(2)15-13-5-3-4-6-14(13)17-16(18-15)21-9-7-20(8-10-21)11-12-22;/h3-6,22H,7-12H2,1-2H3;1H. The van der Waals surface area contributed by atoms with E-state index in [4.69, 9.17) is 15.1 Å².